The Labute approximate surface area is 142 Å². The van der Waals surface area contributed by atoms with Crippen LogP contribution in [0, 0.1) is 0 Å². The van der Waals surface area contributed by atoms with Crippen molar-refractivity contribution in [1.29, 1.82) is 0 Å². The second-order valence-corrected chi connectivity index (χ2v) is 6.15. The molecule has 2 aromatic rings. The molecule has 0 saturated carbocycles. The number of halogens is 1. The number of amides is 1. The molecule has 1 atom stereocenters. The number of rotatable bonds is 7. The zero-order valence-electron chi connectivity index (χ0n) is 13.0. The lowest BCUT2D eigenvalue weighted by Gasteiger charge is -2.12. The van der Waals surface area contributed by atoms with Crippen molar-refractivity contribution in [1.82, 2.24) is 4.57 Å². The summed E-state index contributed by atoms with van der Waals surface area (Å²) in [4.78, 5) is 12.1. The van der Waals surface area contributed by atoms with Gasteiger partial charge in [0, 0.05) is 18.4 Å². The van der Waals surface area contributed by atoms with Crippen LogP contribution in [0.3, 0.4) is 0 Å². The van der Waals surface area contributed by atoms with Crippen molar-refractivity contribution in [2.75, 3.05) is 17.3 Å². The van der Waals surface area contributed by atoms with Crippen LogP contribution in [0.15, 0.2) is 30.5 Å². The van der Waals surface area contributed by atoms with Gasteiger partial charge >= 0.3 is 0 Å². The number of nitrogens with two attached hydrogens (primary N) is 1. The number of benzene rings is 1. The molecule has 0 aliphatic carbocycles. The number of thioether (sulfide) groups is 1. The molecule has 0 aliphatic heterocycles. The Morgan fingerprint density at radius 3 is 2.86 bits per heavy atom. The van der Waals surface area contributed by atoms with Crippen LogP contribution in [-0.4, -0.2) is 28.5 Å². The molecule has 1 aromatic heterocycles. The summed E-state index contributed by atoms with van der Waals surface area (Å²) < 4.78 is 2.21. The summed E-state index contributed by atoms with van der Waals surface area (Å²) in [7, 11) is 0. The van der Waals surface area contributed by atoms with Gasteiger partial charge in [0.05, 0.1) is 11.6 Å². The Morgan fingerprint density at radius 2 is 2.18 bits per heavy atom. The average molecular weight is 342 g/mol. The van der Waals surface area contributed by atoms with Crippen LogP contribution < -0.4 is 11.1 Å². The lowest BCUT2D eigenvalue weighted by atomic mass is 10.2. The predicted molar refractivity (Wildman–Crippen MR) is 99.1 cm³/mol. The first kappa shape index (κ1) is 18.9. The van der Waals surface area contributed by atoms with E-state index in [-0.39, 0.29) is 18.3 Å². The van der Waals surface area contributed by atoms with E-state index in [9.17, 15) is 4.79 Å². The Balaban J connectivity index is 0.00000242. The van der Waals surface area contributed by atoms with Crippen molar-refractivity contribution < 1.29 is 4.79 Å². The third-order valence-electron chi connectivity index (χ3n) is 3.48. The third kappa shape index (κ3) is 4.66. The Bertz CT molecular complexity index is 614. The van der Waals surface area contributed by atoms with Gasteiger partial charge in [-0.1, -0.05) is 13.0 Å². The molecule has 0 saturated heterocycles. The molecule has 4 nitrogen and oxygen atoms in total. The quantitative estimate of drug-likeness (QED) is 0.810. The number of carbonyl (C=O) groups is 1. The number of aryl methyl sites for hydroxylation is 1. The Kier molecular flexibility index (Phi) is 7.79. The second kappa shape index (κ2) is 9.08. The van der Waals surface area contributed by atoms with E-state index in [1.807, 2.05) is 24.5 Å². The van der Waals surface area contributed by atoms with E-state index >= 15 is 0 Å². The van der Waals surface area contributed by atoms with Gasteiger partial charge in [0.2, 0.25) is 5.91 Å². The minimum Gasteiger partial charge on any atom is -0.347 e. The van der Waals surface area contributed by atoms with Gasteiger partial charge in [0.15, 0.2) is 0 Å². The number of hydrogen-bond donors (Lipinski definition) is 2. The molecule has 0 unspecified atom stereocenters. The van der Waals surface area contributed by atoms with Crippen LogP contribution in [0.2, 0.25) is 0 Å². The molecule has 3 N–H and O–H groups in total. The average Bonchev–Trinajstić information content (AvgIpc) is 2.88. The van der Waals surface area contributed by atoms with Gasteiger partial charge in [-0.2, -0.15) is 11.8 Å². The topological polar surface area (TPSA) is 60.0 Å². The van der Waals surface area contributed by atoms with Gasteiger partial charge in [-0.05, 0) is 48.4 Å². The predicted octanol–water partition coefficient (Wildman–Crippen LogP) is 3.49. The highest BCUT2D eigenvalue weighted by Gasteiger charge is 2.13. The summed E-state index contributed by atoms with van der Waals surface area (Å²) in [6.45, 7) is 3.14. The highest BCUT2D eigenvalue weighted by Crippen LogP contribution is 2.21. The number of carbonyl (C=O) groups excluding carboxylic acids is 1. The van der Waals surface area contributed by atoms with Crippen molar-refractivity contribution in [3.63, 3.8) is 0 Å². The fourth-order valence-electron chi connectivity index (χ4n) is 2.31. The first-order chi connectivity index (χ1) is 10.2. The fraction of sp³-hybridized carbons (Fsp3) is 0.438. The van der Waals surface area contributed by atoms with E-state index in [0.29, 0.717) is 6.42 Å². The van der Waals surface area contributed by atoms with E-state index in [1.54, 1.807) is 11.8 Å². The minimum absolute atomic E-state index is 0. The molecular weight excluding hydrogens is 318 g/mol. The normalized spacial score (nSPS) is 12.0. The van der Waals surface area contributed by atoms with Crippen molar-refractivity contribution in [2.45, 2.75) is 32.4 Å². The molecule has 0 fully saturated rings. The van der Waals surface area contributed by atoms with Crippen LogP contribution in [0.4, 0.5) is 5.69 Å². The maximum atomic E-state index is 12.1. The number of nitrogens with zero attached hydrogens (tertiary/aromatic N) is 1. The smallest absolute Gasteiger partial charge is 0.241 e. The number of anilines is 1. The molecule has 1 amide bonds. The minimum atomic E-state index is -0.449. The molecule has 1 aromatic carbocycles. The van der Waals surface area contributed by atoms with Crippen molar-refractivity contribution in [3.8, 4) is 0 Å². The zero-order chi connectivity index (χ0) is 15.2. The van der Waals surface area contributed by atoms with E-state index in [4.69, 9.17) is 5.73 Å². The molecule has 0 bridgehead atoms. The summed E-state index contributed by atoms with van der Waals surface area (Å²) in [5.41, 5.74) is 7.84. The molecular formula is C16H24ClN3OS. The highest BCUT2D eigenvalue weighted by atomic mass is 35.5. The molecule has 1 heterocycles. The van der Waals surface area contributed by atoms with Crippen LogP contribution in [0.25, 0.3) is 10.9 Å². The Morgan fingerprint density at radius 1 is 1.41 bits per heavy atom. The summed E-state index contributed by atoms with van der Waals surface area (Å²) in [5, 5.41) is 4.10. The second-order valence-electron chi connectivity index (χ2n) is 5.16. The number of fused-ring (bicyclic) bond motifs is 1. The van der Waals surface area contributed by atoms with Crippen LogP contribution >= 0.6 is 24.2 Å². The first-order valence-electron chi connectivity index (χ1n) is 7.30. The van der Waals surface area contributed by atoms with Crippen molar-refractivity contribution >= 4 is 46.7 Å². The van der Waals surface area contributed by atoms with Gasteiger partial charge < -0.3 is 15.6 Å². The molecule has 0 spiro atoms. The van der Waals surface area contributed by atoms with E-state index in [2.05, 4.69) is 29.1 Å². The maximum Gasteiger partial charge on any atom is 0.241 e. The standard InChI is InChI=1S/C16H23N3OS.ClH/c1-3-8-19-9-6-12-4-5-13(11-15(12)19)18-16(20)14(17)7-10-21-2;/h4-6,9,11,14H,3,7-8,10,17H2,1-2H3,(H,18,20);1H/t14-;/m0./s1. The largest absolute Gasteiger partial charge is 0.347 e. The Hall–Kier alpha value is -1.17. The van der Waals surface area contributed by atoms with Crippen molar-refractivity contribution in [2.24, 2.45) is 5.73 Å². The summed E-state index contributed by atoms with van der Waals surface area (Å²) >= 11 is 1.70. The molecule has 2 rings (SSSR count). The molecule has 122 valence electrons. The monoisotopic (exact) mass is 341 g/mol. The first-order valence-corrected chi connectivity index (χ1v) is 8.69. The number of aromatic nitrogens is 1. The lowest BCUT2D eigenvalue weighted by Crippen LogP contribution is -2.36. The molecule has 0 aliphatic rings. The third-order valence-corrected chi connectivity index (χ3v) is 4.12. The number of nitrogens with one attached hydrogen (secondary N) is 1. The lowest BCUT2D eigenvalue weighted by molar-refractivity contribution is -0.117. The maximum absolute atomic E-state index is 12.1. The van der Waals surface area contributed by atoms with Gasteiger partial charge in [-0.25, -0.2) is 0 Å². The summed E-state index contributed by atoms with van der Waals surface area (Å²) in [6.07, 6.45) is 5.88. The fourth-order valence-corrected chi connectivity index (χ4v) is 2.80. The van der Waals surface area contributed by atoms with Crippen LogP contribution in [0.1, 0.15) is 19.8 Å². The van der Waals surface area contributed by atoms with Crippen LogP contribution in [-0.2, 0) is 11.3 Å². The van der Waals surface area contributed by atoms with Gasteiger partial charge in [0.1, 0.15) is 0 Å². The zero-order valence-corrected chi connectivity index (χ0v) is 14.7. The van der Waals surface area contributed by atoms with Crippen LogP contribution in [0.5, 0.6) is 0 Å². The van der Waals surface area contributed by atoms with Gasteiger partial charge in [-0.15, -0.1) is 12.4 Å². The summed E-state index contributed by atoms with van der Waals surface area (Å²) in [5.74, 6) is 0.782. The SMILES string of the molecule is CCCn1ccc2ccc(NC(=O)[C@@H](N)CCSC)cc21.Cl. The molecule has 22 heavy (non-hydrogen) atoms. The highest BCUT2D eigenvalue weighted by molar-refractivity contribution is 7.98. The van der Waals surface area contributed by atoms with E-state index < -0.39 is 6.04 Å². The van der Waals surface area contributed by atoms with E-state index in [0.717, 1.165) is 29.9 Å². The van der Waals surface area contributed by atoms with Gasteiger partial charge in [-0.3, -0.25) is 4.79 Å². The summed E-state index contributed by atoms with van der Waals surface area (Å²) in [6, 6.07) is 7.63. The van der Waals surface area contributed by atoms with E-state index in [1.165, 1.54) is 5.39 Å². The molecule has 6 heteroatoms. The van der Waals surface area contributed by atoms with Crippen molar-refractivity contribution in [3.05, 3.63) is 30.5 Å². The molecule has 0 radical (unpaired) electrons. The number of hydrogen-bond acceptors (Lipinski definition) is 3. The van der Waals surface area contributed by atoms with Gasteiger partial charge in [0.25, 0.3) is 0 Å².